The summed E-state index contributed by atoms with van der Waals surface area (Å²) >= 11 is 0. The highest BCUT2D eigenvalue weighted by molar-refractivity contribution is 5.40. The zero-order chi connectivity index (χ0) is 16.0. The van der Waals surface area contributed by atoms with Crippen molar-refractivity contribution in [3.05, 3.63) is 57.0 Å². The van der Waals surface area contributed by atoms with Gasteiger partial charge in [0.05, 0.1) is 16.7 Å². The maximum atomic E-state index is 12.4. The van der Waals surface area contributed by atoms with E-state index in [9.17, 15) is 4.79 Å². The van der Waals surface area contributed by atoms with E-state index >= 15 is 0 Å². The number of nitrogens with zero attached hydrogens (tertiary/aromatic N) is 2. The third-order valence-corrected chi connectivity index (χ3v) is 5.12. The molecule has 2 aromatic rings. The molecule has 2 aromatic heterocycles. The molecule has 1 aliphatic heterocycles. The number of pyridine rings is 1. The van der Waals surface area contributed by atoms with Crippen LogP contribution in [0.5, 0.6) is 0 Å². The van der Waals surface area contributed by atoms with Crippen LogP contribution < -0.4 is 10.9 Å². The van der Waals surface area contributed by atoms with Crippen molar-refractivity contribution in [1.82, 2.24) is 20.3 Å². The SMILES string of the molecule is CC(C)c1cncc(C2(c3nc4c(c(=O)[nH]3)CNCC4)CC2)c1. The Morgan fingerprint density at radius 1 is 1.26 bits per heavy atom. The summed E-state index contributed by atoms with van der Waals surface area (Å²) in [5, 5.41) is 3.24. The first-order valence-electron chi connectivity index (χ1n) is 8.39. The molecule has 0 amide bonds. The fraction of sp³-hybridized carbons (Fsp3) is 0.500. The fourth-order valence-corrected chi connectivity index (χ4v) is 3.40. The predicted octanol–water partition coefficient (Wildman–Crippen LogP) is 2.01. The van der Waals surface area contributed by atoms with Crippen molar-refractivity contribution in [2.24, 2.45) is 0 Å². The molecule has 120 valence electrons. The minimum atomic E-state index is -0.142. The Kier molecular flexibility index (Phi) is 3.34. The smallest absolute Gasteiger partial charge is 0.255 e. The van der Waals surface area contributed by atoms with Gasteiger partial charge in [-0.15, -0.1) is 0 Å². The molecule has 0 bridgehead atoms. The summed E-state index contributed by atoms with van der Waals surface area (Å²) in [5.41, 5.74) is 4.04. The molecular formula is C18H22N4O. The Hall–Kier alpha value is -2.01. The molecule has 0 unspecified atom stereocenters. The van der Waals surface area contributed by atoms with Crippen LogP contribution in [0.25, 0.3) is 0 Å². The molecule has 0 aromatic carbocycles. The zero-order valence-corrected chi connectivity index (χ0v) is 13.6. The van der Waals surface area contributed by atoms with E-state index in [0.29, 0.717) is 12.5 Å². The van der Waals surface area contributed by atoms with Crippen LogP contribution in [0.1, 0.15) is 60.8 Å². The van der Waals surface area contributed by atoms with E-state index in [1.165, 1.54) is 11.1 Å². The monoisotopic (exact) mass is 310 g/mol. The summed E-state index contributed by atoms with van der Waals surface area (Å²) in [6.45, 7) is 5.86. The van der Waals surface area contributed by atoms with Gasteiger partial charge < -0.3 is 10.3 Å². The Morgan fingerprint density at radius 2 is 2.09 bits per heavy atom. The third-order valence-electron chi connectivity index (χ3n) is 5.12. The average molecular weight is 310 g/mol. The summed E-state index contributed by atoms with van der Waals surface area (Å²) in [4.78, 5) is 24.7. The highest BCUT2D eigenvalue weighted by Crippen LogP contribution is 2.52. The largest absolute Gasteiger partial charge is 0.312 e. The fourth-order valence-electron chi connectivity index (χ4n) is 3.40. The molecule has 0 radical (unpaired) electrons. The van der Waals surface area contributed by atoms with Gasteiger partial charge in [-0.05, 0) is 29.9 Å². The molecule has 2 aliphatic rings. The topological polar surface area (TPSA) is 70.7 Å². The van der Waals surface area contributed by atoms with Crippen LogP contribution in [-0.4, -0.2) is 21.5 Å². The van der Waals surface area contributed by atoms with Gasteiger partial charge in [0.25, 0.3) is 5.56 Å². The average Bonchev–Trinajstić information content (AvgIpc) is 3.37. The van der Waals surface area contributed by atoms with Gasteiger partial charge in [-0.3, -0.25) is 9.78 Å². The van der Waals surface area contributed by atoms with Gasteiger partial charge in [0.2, 0.25) is 0 Å². The Balaban J connectivity index is 1.79. The first-order chi connectivity index (χ1) is 11.1. The molecule has 3 heterocycles. The molecule has 23 heavy (non-hydrogen) atoms. The van der Waals surface area contributed by atoms with E-state index in [1.807, 2.05) is 12.4 Å². The minimum absolute atomic E-state index is 0.0106. The molecule has 1 fully saturated rings. The first-order valence-corrected chi connectivity index (χ1v) is 8.39. The number of aromatic amines is 1. The lowest BCUT2D eigenvalue weighted by Gasteiger charge is -2.20. The van der Waals surface area contributed by atoms with Crippen LogP contribution in [0.3, 0.4) is 0 Å². The van der Waals surface area contributed by atoms with Gasteiger partial charge in [-0.25, -0.2) is 4.98 Å². The van der Waals surface area contributed by atoms with E-state index in [-0.39, 0.29) is 11.0 Å². The van der Waals surface area contributed by atoms with E-state index < -0.39 is 0 Å². The number of fused-ring (bicyclic) bond motifs is 1. The maximum Gasteiger partial charge on any atom is 0.255 e. The van der Waals surface area contributed by atoms with Crippen molar-refractivity contribution >= 4 is 0 Å². The molecule has 2 N–H and O–H groups in total. The Labute approximate surface area is 135 Å². The second-order valence-electron chi connectivity index (χ2n) is 7.01. The molecule has 5 heteroatoms. The molecular weight excluding hydrogens is 288 g/mol. The highest BCUT2D eigenvalue weighted by atomic mass is 16.1. The molecule has 4 rings (SSSR count). The second kappa shape index (κ2) is 5.27. The Bertz CT molecular complexity index is 805. The molecule has 0 spiro atoms. The normalized spacial score (nSPS) is 18.7. The molecule has 1 saturated carbocycles. The van der Waals surface area contributed by atoms with Crippen molar-refractivity contribution in [3.63, 3.8) is 0 Å². The van der Waals surface area contributed by atoms with E-state index in [2.05, 4.69) is 35.2 Å². The number of nitrogens with one attached hydrogen (secondary N) is 2. The van der Waals surface area contributed by atoms with Crippen LogP contribution in [-0.2, 0) is 18.4 Å². The van der Waals surface area contributed by atoms with Crippen LogP contribution in [0.2, 0.25) is 0 Å². The van der Waals surface area contributed by atoms with Crippen LogP contribution in [0.15, 0.2) is 23.3 Å². The zero-order valence-electron chi connectivity index (χ0n) is 13.6. The third kappa shape index (κ3) is 2.39. The van der Waals surface area contributed by atoms with Gasteiger partial charge in [-0.1, -0.05) is 19.9 Å². The molecule has 0 atom stereocenters. The van der Waals surface area contributed by atoms with Crippen LogP contribution >= 0.6 is 0 Å². The van der Waals surface area contributed by atoms with Gasteiger partial charge in [-0.2, -0.15) is 0 Å². The van der Waals surface area contributed by atoms with E-state index in [1.54, 1.807) is 0 Å². The Morgan fingerprint density at radius 3 is 2.83 bits per heavy atom. The number of hydrogen-bond acceptors (Lipinski definition) is 4. The number of aromatic nitrogens is 3. The van der Waals surface area contributed by atoms with Gasteiger partial charge in [0.1, 0.15) is 5.82 Å². The number of hydrogen-bond donors (Lipinski definition) is 2. The van der Waals surface area contributed by atoms with Gasteiger partial charge in [0.15, 0.2) is 0 Å². The standard InChI is InChI=1S/C18H22N4O/c1-11(2)12-7-13(9-20-8-12)18(4-5-18)17-21-15-3-6-19-10-14(15)16(23)22-17/h7-9,11,19H,3-6,10H2,1-2H3,(H,21,22,23). The number of H-pyrrole nitrogens is 1. The van der Waals surface area contributed by atoms with E-state index in [0.717, 1.165) is 42.9 Å². The summed E-state index contributed by atoms with van der Waals surface area (Å²) in [6.07, 6.45) is 6.73. The van der Waals surface area contributed by atoms with Crippen molar-refractivity contribution in [2.45, 2.75) is 51.0 Å². The van der Waals surface area contributed by atoms with E-state index in [4.69, 9.17) is 4.98 Å². The molecule has 5 nitrogen and oxygen atoms in total. The predicted molar refractivity (Wildman–Crippen MR) is 88.6 cm³/mol. The molecule has 1 aliphatic carbocycles. The minimum Gasteiger partial charge on any atom is -0.312 e. The molecule has 0 saturated heterocycles. The maximum absolute atomic E-state index is 12.4. The number of rotatable bonds is 3. The van der Waals surface area contributed by atoms with Crippen molar-refractivity contribution in [1.29, 1.82) is 0 Å². The van der Waals surface area contributed by atoms with Crippen molar-refractivity contribution < 1.29 is 0 Å². The van der Waals surface area contributed by atoms with Crippen molar-refractivity contribution in [2.75, 3.05) is 6.54 Å². The highest BCUT2D eigenvalue weighted by Gasteiger charge is 2.49. The summed E-state index contributed by atoms with van der Waals surface area (Å²) in [7, 11) is 0. The quantitative estimate of drug-likeness (QED) is 0.910. The lowest BCUT2D eigenvalue weighted by atomic mass is 9.92. The second-order valence-corrected chi connectivity index (χ2v) is 7.01. The van der Waals surface area contributed by atoms with Gasteiger partial charge >= 0.3 is 0 Å². The van der Waals surface area contributed by atoms with Gasteiger partial charge in [0, 0.05) is 31.9 Å². The lowest BCUT2D eigenvalue weighted by molar-refractivity contribution is 0.604. The lowest BCUT2D eigenvalue weighted by Crippen LogP contribution is -2.33. The summed E-state index contributed by atoms with van der Waals surface area (Å²) in [6, 6.07) is 2.23. The van der Waals surface area contributed by atoms with Crippen molar-refractivity contribution in [3.8, 4) is 0 Å². The summed E-state index contributed by atoms with van der Waals surface area (Å²) < 4.78 is 0. The van der Waals surface area contributed by atoms with Crippen LogP contribution in [0, 0.1) is 0 Å². The summed E-state index contributed by atoms with van der Waals surface area (Å²) in [5.74, 6) is 1.27. The van der Waals surface area contributed by atoms with Crippen LogP contribution in [0.4, 0.5) is 0 Å². The first kappa shape index (κ1) is 14.6.